The predicted molar refractivity (Wildman–Crippen MR) is 63.4 cm³/mol. The zero-order valence-corrected chi connectivity index (χ0v) is 9.18. The van der Waals surface area contributed by atoms with Crippen molar-refractivity contribution >= 4 is 0 Å². The molecule has 16 heavy (non-hydrogen) atoms. The van der Waals surface area contributed by atoms with Crippen molar-refractivity contribution in [2.45, 2.75) is 13.5 Å². The van der Waals surface area contributed by atoms with E-state index in [2.05, 4.69) is 4.98 Å². The van der Waals surface area contributed by atoms with Crippen molar-refractivity contribution < 1.29 is 4.74 Å². The molecule has 0 spiro atoms. The van der Waals surface area contributed by atoms with Gasteiger partial charge >= 0.3 is 0 Å². The van der Waals surface area contributed by atoms with Gasteiger partial charge in [0.2, 0.25) is 0 Å². The Balaban J connectivity index is 2.26. The maximum atomic E-state index is 5.76. The van der Waals surface area contributed by atoms with Gasteiger partial charge in [-0.05, 0) is 30.7 Å². The van der Waals surface area contributed by atoms with Crippen LogP contribution in [0.2, 0.25) is 0 Å². The molecule has 0 aliphatic rings. The molecule has 3 nitrogen and oxygen atoms in total. The van der Waals surface area contributed by atoms with E-state index in [1.807, 2.05) is 37.3 Å². The third kappa shape index (κ3) is 2.38. The highest BCUT2D eigenvalue weighted by molar-refractivity contribution is 5.36. The fraction of sp³-hybridized carbons (Fsp3) is 0.154. The van der Waals surface area contributed by atoms with Crippen LogP contribution in [0.3, 0.4) is 0 Å². The third-order valence-electron chi connectivity index (χ3n) is 2.30. The molecule has 1 aromatic carbocycles. The Labute approximate surface area is 94.9 Å². The lowest BCUT2D eigenvalue weighted by Gasteiger charge is -2.09. The van der Waals surface area contributed by atoms with Crippen LogP contribution in [0.15, 0.2) is 42.7 Å². The van der Waals surface area contributed by atoms with Crippen molar-refractivity contribution in [3.05, 3.63) is 53.9 Å². The molecular weight excluding hydrogens is 200 g/mol. The summed E-state index contributed by atoms with van der Waals surface area (Å²) in [4.78, 5) is 4.02. The van der Waals surface area contributed by atoms with E-state index in [4.69, 9.17) is 10.5 Å². The Kier molecular flexibility index (Phi) is 3.17. The summed E-state index contributed by atoms with van der Waals surface area (Å²) in [6.07, 6.45) is 3.43. The van der Waals surface area contributed by atoms with Crippen LogP contribution in [0.5, 0.6) is 11.5 Å². The van der Waals surface area contributed by atoms with Crippen molar-refractivity contribution in [3.8, 4) is 11.5 Å². The molecule has 0 radical (unpaired) electrons. The molecule has 0 saturated heterocycles. The second-order valence-electron chi connectivity index (χ2n) is 3.61. The van der Waals surface area contributed by atoms with Crippen molar-refractivity contribution in [1.82, 2.24) is 4.98 Å². The first-order valence-corrected chi connectivity index (χ1v) is 5.17. The number of aromatic nitrogens is 1. The van der Waals surface area contributed by atoms with Gasteiger partial charge in [-0.25, -0.2) is 0 Å². The minimum atomic E-state index is 0.426. The van der Waals surface area contributed by atoms with Crippen molar-refractivity contribution in [1.29, 1.82) is 0 Å². The monoisotopic (exact) mass is 214 g/mol. The average Bonchev–Trinajstić information content (AvgIpc) is 2.30. The molecule has 0 unspecified atom stereocenters. The van der Waals surface area contributed by atoms with Gasteiger partial charge in [0.15, 0.2) is 0 Å². The second kappa shape index (κ2) is 4.77. The number of rotatable bonds is 3. The number of hydrogen-bond acceptors (Lipinski definition) is 3. The molecule has 0 amide bonds. The molecule has 2 aromatic rings. The SMILES string of the molecule is Cc1cccc(Oc2ccncc2CN)c1. The number of ether oxygens (including phenoxy) is 1. The van der Waals surface area contributed by atoms with Crippen LogP contribution in [0.4, 0.5) is 0 Å². The van der Waals surface area contributed by atoms with Crippen LogP contribution in [0.1, 0.15) is 11.1 Å². The zero-order chi connectivity index (χ0) is 11.4. The molecule has 2 N–H and O–H groups in total. The predicted octanol–water partition coefficient (Wildman–Crippen LogP) is 2.64. The van der Waals surface area contributed by atoms with Gasteiger partial charge in [-0.1, -0.05) is 12.1 Å². The maximum absolute atomic E-state index is 5.76. The van der Waals surface area contributed by atoms with Crippen LogP contribution in [0.25, 0.3) is 0 Å². The lowest BCUT2D eigenvalue weighted by atomic mass is 10.2. The van der Waals surface area contributed by atoms with Gasteiger partial charge in [0.25, 0.3) is 0 Å². The number of nitrogens with zero attached hydrogens (tertiary/aromatic N) is 1. The van der Waals surface area contributed by atoms with E-state index in [-0.39, 0.29) is 0 Å². The summed E-state index contributed by atoms with van der Waals surface area (Å²) in [6, 6.07) is 9.73. The van der Waals surface area contributed by atoms with E-state index in [0.29, 0.717) is 6.54 Å². The number of hydrogen-bond donors (Lipinski definition) is 1. The first kappa shape index (κ1) is 10.6. The summed E-state index contributed by atoms with van der Waals surface area (Å²) in [6.45, 7) is 2.46. The first-order chi connectivity index (χ1) is 7.79. The maximum Gasteiger partial charge on any atom is 0.134 e. The quantitative estimate of drug-likeness (QED) is 0.854. The summed E-state index contributed by atoms with van der Waals surface area (Å²) in [5.41, 5.74) is 7.69. The topological polar surface area (TPSA) is 48.1 Å². The summed E-state index contributed by atoms with van der Waals surface area (Å²) in [5.74, 6) is 1.59. The zero-order valence-electron chi connectivity index (χ0n) is 9.18. The highest BCUT2D eigenvalue weighted by atomic mass is 16.5. The van der Waals surface area contributed by atoms with E-state index in [0.717, 1.165) is 17.1 Å². The Bertz CT molecular complexity index is 483. The molecule has 0 bridgehead atoms. The molecule has 3 heteroatoms. The highest BCUT2D eigenvalue weighted by Crippen LogP contribution is 2.24. The number of benzene rings is 1. The Hall–Kier alpha value is -1.87. The lowest BCUT2D eigenvalue weighted by Crippen LogP contribution is -1.99. The van der Waals surface area contributed by atoms with Crippen molar-refractivity contribution in [2.24, 2.45) is 5.73 Å². The Morgan fingerprint density at radius 2 is 2.19 bits per heavy atom. The van der Waals surface area contributed by atoms with E-state index in [1.54, 1.807) is 12.4 Å². The number of pyridine rings is 1. The van der Waals surface area contributed by atoms with E-state index >= 15 is 0 Å². The molecule has 0 aliphatic heterocycles. The smallest absolute Gasteiger partial charge is 0.134 e. The highest BCUT2D eigenvalue weighted by Gasteiger charge is 2.03. The van der Waals surface area contributed by atoms with Crippen molar-refractivity contribution in [3.63, 3.8) is 0 Å². The third-order valence-corrected chi connectivity index (χ3v) is 2.30. The molecule has 0 saturated carbocycles. The van der Waals surface area contributed by atoms with Gasteiger partial charge in [-0.15, -0.1) is 0 Å². The minimum absolute atomic E-state index is 0.426. The first-order valence-electron chi connectivity index (χ1n) is 5.17. The van der Waals surface area contributed by atoms with E-state index in [9.17, 15) is 0 Å². The molecule has 0 atom stereocenters. The standard InChI is InChI=1S/C13H14N2O/c1-10-3-2-4-12(7-10)16-13-5-6-15-9-11(13)8-14/h2-7,9H,8,14H2,1H3. The van der Waals surface area contributed by atoms with Gasteiger partial charge in [0, 0.05) is 24.5 Å². The van der Waals surface area contributed by atoms with Crippen LogP contribution >= 0.6 is 0 Å². The normalized spacial score (nSPS) is 10.1. The Morgan fingerprint density at radius 3 is 2.94 bits per heavy atom. The van der Waals surface area contributed by atoms with Gasteiger partial charge in [0.1, 0.15) is 11.5 Å². The Morgan fingerprint density at radius 1 is 1.31 bits per heavy atom. The second-order valence-corrected chi connectivity index (χ2v) is 3.61. The molecule has 0 fully saturated rings. The molecular formula is C13H14N2O. The molecule has 1 heterocycles. The summed E-state index contributed by atoms with van der Waals surface area (Å²) in [7, 11) is 0. The van der Waals surface area contributed by atoms with E-state index < -0.39 is 0 Å². The summed E-state index contributed by atoms with van der Waals surface area (Å²) < 4.78 is 5.76. The van der Waals surface area contributed by atoms with Gasteiger partial charge in [-0.2, -0.15) is 0 Å². The fourth-order valence-electron chi connectivity index (χ4n) is 1.47. The summed E-state index contributed by atoms with van der Waals surface area (Å²) in [5, 5.41) is 0. The molecule has 0 aliphatic carbocycles. The molecule has 1 aromatic heterocycles. The minimum Gasteiger partial charge on any atom is -0.457 e. The van der Waals surface area contributed by atoms with Gasteiger partial charge in [-0.3, -0.25) is 4.98 Å². The van der Waals surface area contributed by atoms with Crippen molar-refractivity contribution in [2.75, 3.05) is 0 Å². The fourth-order valence-corrected chi connectivity index (χ4v) is 1.47. The number of aryl methyl sites for hydroxylation is 1. The molecule has 82 valence electrons. The molecule has 2 rings (SSSR count). The largest absolute Gasteiger partial charge is 0.457 e. The van der Waals surface area contributed by atoms with E-state index in [1.165, 1.54) is 5.56 Å². The van der Waals surface area contributed by atoms with Crippen LogP contribution < -0.4 is 10.5 Å². The lowest BCUT2D eigenvalue weighted by molar-refractivity contribution is 0.475. The van der Waals surface area contributed by atoms with Crippen LogP contribution in [-0.2, 0) is 6.54 Å². The summed E-state index contributed by atoms with van der Waals surface area (Å²) >= 11 is 0. The number of nitrogens with two attached hydrogens (primary N) is 1. The van der Waals surface area contributed by atoms with Gasteiger partial charge < -0.3 is 10.5 Å². The van der Waals surface area contributed by atoms with Gasteiger partial charge in [0.05, 0.1) is 0 Å². The van der Waals surface area contributed by atoms with Crippen LogP contribution in [0, 0.1) is 6.92 Å². The average molecular weight is 214 g/mol. The van der Waals surface area contributed by atoms with Crippen LogP contribution in [-0.4, -0.2) is 4.98 Å².